The molecule has 2 N–H and O–H groups in total. The Morgan fingerprint density at radius 2 is 0.761 bits per heavy atom. The summed E-state index contributed by atoms with van der Waals surface area (Å²) in [6.45, 7) is 0. The highest BCUT2D eigenvalue weighted by Gasteiger charge is 2.24. The first-order valence-corrected chi connectivity index (χ1v) is 22.6. The minimum Gasteiger partial charge on any atom is -0.354 e. The maximum absolute atomic E-state index is 9.74. The van der Waals surface area contributed by atoms with Gasteiger partial charge in [0.25, 0.3) is 0 Å². The third-order valence-electron chi connectivity index (χ3n) is 12.3. The second kappa shape index (κ2) is 18.2. The molecule has 11 rings (SSSR count). The van der Waals surface area contributed by atoms with E-state index in [2.05, 4.69) is 193 Å². The van der Waals surface area contributed by atoms with Crippen molar-refractivity contribution in [1.82, 2.24) is 15.3 Å². The van der Waals surface area contributed by atoms with Gasteiger partial charge in [0.2, 0.25) is 0 Å². The number of hydrogen-bond donors (Lipinski definition) is 2. The molecule has 0 spiro atoms. The third-order valence-corrected chi connectivity index (χ3v) is 12.3. The third kappa shape index (κ3) is 8.55. The summed E-state index contributed by atoms with van der Waals surface area (Å²) in [6.07, 6.45) is 2.21. The van der Waals surface area contributed by atoms with Crippen molar-refractivity contribution in [2.75, 3.05) is 0 Å². The van der Waals surface area contributed by atoms with Crippen LogP contribution in [0, 0.1) is 5.41 Å². The lowest BCUT2D eigenvalue weighted by atomic mass is 9.86. The normalized spacial score (nSPS) is 12.6. The first-order valence-electron chi connectivity index (χ1n) is 22.6. The molecule has 0 saturated carbocycles. The van der Waals surface area contributed by atoms with Crippen LogP contribution in [0.1, 0.15) is 27.8 Å². The van der Waals surface area contributed by atoms with E-state index in [0.717, 1.165) is 95.1 Å². The molecular weight excluding hydrogens is 813 g/mol. The molecule has 0 radical (unpaired) electrons. The van der Waals surface area contributed by atoms with E-state index in [0.29, 0.717) is 11.5 Å². The largest absolute Gasteiger partial charge is 0.354 e. The van der Waals surface area contributed by atoms with Crippen molar-refractivity contribution in [1.29, 1.82) is 5.41 Å². The van der Waals surface area contributed by atoms with Crippen LogP contribution in [0.2, 0.25) is 0 Å². The highest BCUT2D eigenvalue weighted by Crippen LogP contribution is 2.39. The first kappa shape index (κ1) is 40.8. The Morgan fingerprint density at radius 3 is 1.31 bits per heavy atom. The van der Waals surface area contributed by atoms with Crippen LogP contribution in [0.25, 0.3) is 90.3 Å². The summed E-state index contributed by atoms with van der Waals surface area (Å²) in [5.74, 6) is 0.645. The van der Waals surface area contributed by atoms with Crippen LogP contribution in [0.5, 0.6) is 0 Å². The van der Waals surface area contributed by atoms with Crippen LogP contribution in [0.4, 0.5) is 0 Å². The number of benzene rings is 9. The molecule has 10 aromatic rings. The van der Waals surface area contributed by atoms with E-state index in [9.17, 15) is 5.41 Å². The number of fused-ring (bicyclic) bond motifs is 1. The highest BCUT2D eigenvalue weighted by atomic mass is 14.9. The minimum atomic E-state index is 0.444. The predicted octanol–water partition coefficient (Wildman–Crippen LogP) is 15.5. The van der Waals surface area contributed by atoms with Crippen LogP contribution >= 0.6 is 0 Å². The summed E-state index contributed by atoms with van der Waals surface area (Å²) in [6, 6.07) is 86.1. The zero-order chi connectivity index (χ0) is 44.9. The van der Waals surface area contributed by atoms with E-state index < -0.39 is 0 Å². The fraction of sp³-hybridized carbons (Fsp3) is 0. The maximum atomic E-state index is 9.74. The van der Waals surface area contributed by atoms with Crippen molar-refractivity contribution in [2.24, 2.45) is 0 Å². The van der Waals surface area contributed by atoms with Crippen LogP contribution in [0.3, 0.4) is 0 Å². The molecule has 0 saturated heterocycles. The van der Waals surface area contributed by atoms with Gasteiger partial charge in [0.05, 0.1) is 22.8 Å². The molecule has 0 amide bonds. The van der Waals surface area contributed by atoms with Gasteiger partial charge in [0.15, 0.2) is 5.82 Å². The quantitative estimate of drug-likeness (QED) is 0.135. The molecule has 1 aliphatic rings. The molecule has 67 heavy (non-hydrogen) atoms. The average Bonchev–Trinajstić information content (AvgIpc) is 3.42. The molecule has 9 aromatic carbocycles. The Kier molecular flexibility index (Phi) is 11.1. The van der Waals surface area contributed by atoms with Crippen molar-refractivity contribution in [2.45, 2.75) is 0 Å². The Bertz CT molecular complexity index is 3330. The van der Waals surface area contributed by atoms with Gasteiger partial charge in [0.1, 0.15) is 0 Å². The standard InChI is InChI=1S/C63H44N4/c64-61(51-25-14-5-15-26-51)60(50-23-12-4-13-24-50)62-56-40-53(37-38-54(56)41-57(65-62)47-21-10-3-11-22-47)52-27-16-28-55(39-52)63-66-58(48-33-29-45(30-34-48)43-17-6-1-7-18-43)42-59(67-63)49-35-31-46(32-36-49)44-19-8-2-9-20-44/h1-42,64-65H/b62-60-,64-61?. The van der Waals surface area contributed by atoms with Crippen molar-refractivity contribution in [3.8, 4) is 67.3 Å². The van der Waals surface area contributed by atoms with Gasteiger partial charge < -0.3 is 5.32 Å². The average molecular weight is 857 g/mol. The van der Waals surface area contributed by atoms with Gasteiger partial charge in [-0.05, 0) is 74.3 Å². The molecule has 0 atom stereocenters. The number of rotatable bonds is 10. The lowest BCUT2D eigenvalue weighted by molar-refractivity contribution is 1.18. The summed E-state index contributed by atoms with van der Waals surface area (Å²) in [5, 5.41) is 13.6. The van der Waals surface area contributed by atoms with Crippen molar-refractivity contribution in [3.63, 3.8) is 0 Å². The van der Waals surface area contributed by atoms with Gasteiger partial charge >= 0.3 is 0 Å². The number of nitrogens with zero attached hydrogens (tertiary/aromatic N) is 2. The first-order chi connectivity index (χ1) is 33.1. The Balaban J connectivity index is 1.03. The van der Waals surface area contributed by atoms with E-state index in [1.165, 1.54) is 11.1 Å². The zero-order valence-electron chi connectivity index (χ0n) is 36.6. The maximum Gasteiger partial charge on any atom is 0.160 e. The molecule has 4 heteroatoms. The summed E-state index contributed by atoms with van der Waals surface area (Å²) in [5.41, 5.74) is 19.5. The second-order valence-electron chi connectivity index (χ2n) is 16.6. The molecule has 316 valence electrons. The molecule has 1 aromatic heterocycles. The van der Waals surface area contributed by atoms with Gasteiger partial charge in [0, 0.05) is 39.1 Å². The zero-order valence-corrected chi connectivity index (χ0v) is 36.6. The lowest BCUT2D eigenvalue weighted by Gasteiger charge is -2.27. The number of nitrogens with one attached hydrogen (secondary N) is 2. The predicted molar refractivity (Wildman–Crippen MR) is 279 cm³/mol. The van der Waals surface area contributed by atoms with Crippen molar-refractivity contribution >= 4 is 28.8 Å². The molecule has 2 heterocycles. The van der Waals surface area contributed by atoms with Crippen molar-refractivity contribution < 1.29 is 0 Å². The smallest absolute Gasteiger partial charge is 0.160 e. The minimum absolute atomic E-state index is 0.444. The summed E-state index contributed by atoms with van der Waals surface area (Å²) < 4.78 is 0. The molecule has 1 aliphatic heterocycles. The SMILES string of the molecule is N=C(/C(=C1\NC(c2ccccc2)=Cc2ccc(-c3cccc(-c4nc(-c5ccc(-c6ccccc6)cc5)cc(-c5ccc(-c6ccccc6)cc5)n4)c3)cc21)c1ccccc1)c1ccccc1. The van der Waals surface area contributed by atoms with Crippen molar-refractivity contribution in [3.05, 3.63) is 277 Å². The van der Waals surface area contributed by atoms with Gasteiger partial charge in [-0.1, -0.05) is 231 Å². The Morgan fingerprint density at radius 1 is 0.343 bits per heavy atom. The molecule has 0 bridgehead atoms. The molecule has 4 nitrogen and oxygen atoms in total. The number of aromatic nitrogens is 2. The Labute approximate surface area is 391 Å². The van der Waals surface area contributed by atoms with Crippen LogP contribution in [-0.2, 0) is 0 Å². The molecule has 0 aliphatic carbocycles. The van der Waals surface area contributed by atoms with Gasteiger partial charge in [-0.3, -0.25) is 5.41 Å². The van der Waals surface area contributed by atoms with E-state index in [1.807, 2.05) is 66.7 Å². The van der Waals surface area contributed by atoms with Crippen LogP contribution in [-0.4, -0.2) is 15.7 Å². The van der Waals surface area contributed by atoms with E-state index >= 15 is 0 Å². The number of hydrogen-bond acceptors (Lipinski definition) is 4. The van der Waals surface area contributed by atoms with E-state index in [1.54, 1.807) is 0 Å². The molecule has 0 unspecified atom stereocenters. The van der Waals surface area contributed by atoms with Crippen LogP contribution < -0.4 is 5.32 Å². The number of allylic oxidation sites excluding steroid dienone is 1. The molecule has 0 fully saturated rings. The fourth-order valence-corrected chi connectivity index (χ4v) is 8.85. The van der Waals surface area contributed by atoms with Gasteiger partial charge in [-0.15, -0.1) is 0 Å². The molecular formula is C63H44N4. The highest BCUT2D eigenvalue weighted by molar-refractivity contribution is 6.36. The monoisotopic (exact) mass is 856 g/mol. The van der Waals surface area contributed by atoms with E-state index in [-0.39, 0.29) is 0 Å². The lowest BCUT2D eigenvalue weighted by Crippen LogP contribution is -2.20. The van der Waals surface area contributed by atoms with Gasteiger partial charge in [-0.25, -0.2) is 9.97 Å². The fourth-order valence-electron chi connectivity index (χ4n) is 8.85. The van der Waals surface area contributed by atoms with E-state index in [4.69, 9.17) is 9.97 Å². The summed E-state index contributed by atoms with van der Waals surface area (Å²) in [7, 11) is 0. The Hall–Kier alpha value is -8.99. The topological polar surface area (TPSA) is 61.7 Å². The van der Waals surface area contributed by atoms with Crippen LogP contribution in [0.15, 0.2) is 249 Å². The van der Waals surface area contributed by atoms with Gasteiger partial charge in [-0.2, -0.15) is 0 Å². The second-order valence-corrected chi connectivity index (χ2v) is 16.6. The summed E-state index contributed by atoms with van der Waals surface area (Å²) >= 11 is 0. The summed E-state index contributed by atoms with van der Waals surface area (Å²) in [4.78, 5) is 10.5.